The van der Waals surface area contributed by atoms with Gasteiger partial charge in [-0.15, -0.1) is 10.2 Å². The lowest BCUT2D eigenvalue weighted by atomic mass is 10.2. The summed E-state index contributed by atoms with van der Waals surface area (Å²) >= 11 is 3.48. The van der Waals surface area contributed by atoms with Crippen molar-refractivity contribution in [1.82, 2.24) is 25.4 Å². The standard InChI is InChI=1S/C13H12BrN5O/c1-8-11(9(2)20-17-8)7-19-16-13(15-18-19)10-5-3-4-6-12(10)14/h3-6H,7H2,1-2H3. The van der Waals surface area contributed by atoms with E-state index in [0.717, 1.165) is 27.1 Å². The summed E-state index contributed by atoms with van der Waals surface area (Å²) in [5, 5.41) is 16.5. The normalized spacial score (nSPS) is 10.9. The van der Waals surface area contributed by atoms with Crippen LogP contribution >= 0.6 is 15.9 Å². The number of aromatic nitrogens is 5. The van der Waals surface area contributed by atoms with Crippen LogP contribution in [0.2, 0.25) is 0 Å². The van der Waals surface area contributed by atoms with Crippen molar-refractivity contribution in [2.45, 2.75) is 20.4 Å². The van der Waals surface area contributed by atoms with Gasteiger partial charge in [-0.25, -0.2) is 0 Å². The average Bonchev–Trinajstić information content (AvgIpc) is 3.02. The third-order valence-electron chi connectivity index (χ3n) is 3.05. The SMILES string of the molecule is Cc1noc(C)c1Cn1nnc(-c2ccccc2Br)n1. The Morgan fingerprint density at radius 1 is 1.25 bits per heavy atom. The molecule has 102 valence electrons. The van der Waals surface area contributed by atoms with Crippen LogP contribution in [0, 0.1) is 13.8 Å². The molecule has 0 radical (unpaired) electrons. The van der Waals surface area contributed by atoms with Crippen LogP contribution in [0.4, 0.5) is 0 Å². The summed E-state index contributed by atoms with van der Waals surface area (Å²) in [6, 6.07) is 7.78. The minimum absolute atomic E-state index is 0.499. The van der Waals surface area contributed by atoms with E-state index in [0.29, 0.717) is 12.4 Å². The first-order valence-electron chi connectivity index (χ1n) is 6.09. The molecule has 0 fully saturated rings. The smallest absolute Gasteiger partial charge is 0.206 e. The Labute approximate surface area is 123 Å². The van der Waals surface area contributed by atoms with Gasteiger partial charge in [0.05, 0.1) is 12.2 Å². The summed E-state index contributed by atoms with van der Waals surface area (Å²) in [7, 11) is 0. The van der Waals surface area contributed by atoms with Crippen LogP contribution in [0.15, 0.2) is 33.3 Å². The van der Waals surface area contributed by atoms with Crippen molar-refractivity contribution in [3.8, 4) is 11.4 Å². The largest absolute Gasteiger partial charge is 0.361 e. The molecule has 0 aliphatic heterocycles. The highest BCUT2D eigenvalue weighted by Gasteiger charge is 2.13. The van der Waals surface area contributed by atoms with Crippen LogP contribution in [0.1, 0.15) is 17.0 Å². The van der Waals surface area contributed by atoms with Crippen LogP contribution in [-0.4, -0.2) is 25.4 Å². The molecule has 0 unspecified atom stereocenters. The fraction of sp³-hybridized carbons (Fsp3) is 0.231. The summed E-state index contributed by atoms with van der Waals surface area (Å²) in [6.45, 7) is 4.27. The molecule has 20 heavy (non-hydrogen) atoms. The maximum atomic E-state index is 5.13. The molecular weight excluding hydrogens is 322 g/mol. The fourth-order valence-corrected chi connectivity index (χ4v) is 2.39. The van der Waals surface area contributed by atoms with Crippen LogP contribution in [-0.2, 0) is 6.54 Å². The number of nitrogens with zero attached hydrogens (tertiary/aromatic N) is 5. The first kappa shape index (κ1) is 13.0. The quantitative estimate of drug-likeness (QED) is 0.737. The predicted molar refractivity (Wildman–Crippen MR) is 76.0 cm³/mol. The molecular formula is C13H12BrN5O. The van der Waals surface area contributed by atoms with E-state index in [1.54, 1.807) is 4.80 Å². The first-order chi connectivity index (χ1) is 9.65. The highest BCUT2D eigenvalue weighted by molar-refractivity contribution is 9.10. The van der Waals surface area contributed by atoms with Crippen LogP contribution in [0.25, 0.3) is 11.4 Å². The zero-order valence-electron chi connectivity index (χ0n) is 11.0. The zero-order valence-corrected chi connectivity index (χ0v) is 12.6. The van der Waals surface area contributed by atoms with Gasteiger partial charge in [0.15, 0.2) is 0 Å². The molecule has 0 saturated heterocycles. The second kappa shape index (κ2) is 5.16. The van der Waals surface area contributed by atoms with E-state index in [-0.39, 0.29) is 0 Å². The van der Waals surface area contributed by atoms with Gasteiger partial charge in [-0.3, -0.25) is 0 Å². The Hall–Kier alpha value is -2.02. The second-order valence-electron chi connectivity index (χ2n) is 4.43. The molecule has 2 aromatic heterocycles. The third-order valence-corrected chi connectivity index (χ3v) is 3.74. The van der Waals surface area contributed by atoms with Crippen molar-refractivity contribution in [3.63, 3.8) is 0 Å². The van der Waals surface area contributed by atoms with Gasteiger partial charge in [-0.05, 0) is 31.2 Å². The summed E-state index contributed by atoms with van der Waals surface area (Å²) in [4.78, 5) is 1.54. The molecule has 0 saturated carbocycles. The number of aryl methyl sites for hydroxylation is 2. The minimum atomic E-state index is 0.499. The monoisotopic (exact) mass is 333 g/mol. The average molecular weight is 334 g/mol. The molecule has 0 amide bonds. The maximum Gasteiger partial charge on any atom is 0.206 e. The van der Waals surface area contributed by atoms with Crippen molar-refractivity contribution in [2.75, 3.05) is 0 Å². The number of tetrazole rings is 1. The van der Waals surface area contributed by atoms with Gasteiger partial charge in [0.1, 0.15) is 5.76 Å². The molecule has 0 atom stereocenters. The van der Waals surface area contributed by atoms with Gasteiger partial charge >= 0.3 is 0 Å². The van der Waals surface area contributed by atoms with E-state index < -0.39 is 0 Å². The first-order valence-corrected chi connectivity index (χ1v) is 6.89. The molecule has 1 aromatic carbocycles. The van der Waals surface area contributed by atoms with Gasteiger partial charge in [-0.1, -0.05) is 33.2 Å². The minimum Gasteiger partial charge on any atom is -0.361 e. The van der Waals surface area contributed by atoms with Gasteiger partial charge < -0.3 is 4.52 Å². The van der Waals surface area contributed by atoms with E-state index in [1.807, 2.05) is 38.1 Å². The zero-order chi connectivity index (χ0) is 14.1. The molecule has 0 bridgehead atoms. The van der Waals surface area contributed by atoms with E-state index in [4.69, 9.17) is 4.52 Å². The van der Waals surface area contributed by atoms with E-state index in [2.05, 4.69) is 36.5 Å². The molecule has 3 rings (SSSR count). The number of halogens is 1. The third kappa shape index (κ3) is 2.36. The summed E-state index contributed by atoms with van der Waals surface area (Å²) in [5.74, 6) is 1.37. The number of benzene rings is 1. The van der Waals surface area contributed by atoms with Crippen molar-refractivity contribution in [3.05, 3.63) is 45.8 Å². The summed E-state index contributed by atoms with van der Waals surface area (Å²) in [5.41, 5.74) is 2.75. The van der Waals surface area contributed by atoms with E-state index in [9.17, 15) is 0 Å². The Morgan fingerprint density at radius 2 is 2.05 bits per heavy atom. The molecule has 0 aliphatic rings. The Bertz CT molecular complexity index is 729. The summed E-state index contributed by atoms with van der Waals surface area (Å²) in [6.07, 6.45) is 0. The van der Waals surface area contributed by atoms with Gasteiger partial charge in [0, 0.05) is 15.6 Å². The number of hydrogen-bond acceptors (Lipinski definition) is 5. The van der Waals surface area contributed by atoms with Crippen molar-refractivity contribution < 1.29 is 4.52 Å². The molecule has 0 N–H and O–H groups in total. The van der Waals surface area contributed by atoms with Crippen molar-refractivity contribution in [2.24, 2.45) is 0 Å². The van der Waals surface area contributed by atoms with Crippen LogP contribution in [0.3, 0.4) is 0 Å². The van der Waals surface area contributed by atoms with Crippen molar-refractivity contribution in [1.29, 1.82) is 0 Å². The van der Waals surface area contributed by atoms with Gasteiger partial charge in [-0.2, -0.15) is 4.80 Å². The summed E-state index contributed by atoms with van der Waals surface area (Å²) < 4.78 is 6.07. The Balaban J connectivity index is 1.90. The van der Waals surface area contributed by atoms with E-state index in [1.165, 1.54) is 0 Å². The number of rotatable bonds is 3. The molecule has 3 aromatic rings. The molecule has 2 heterocycles. The fourth-order valence-electron chi connectivity index (χ4n) is 1.93. The molecule has 7 heteroatoms. The predicted octanol–water partition coefficient (Wildman–Crippen LogP) is 2.76. The van der Waals surface area contributed by atoms with E-state index >= 15 is 0 Å². The lowest BCUT2D eigenvalue weighted by molar-refractivity contribution is 0.391. The van der Waals surface area contributed by atoms with Gasteiger partial charge in [0.25, 0.3) is 0 Å². The molecule has 0 aliphatic carbocycles. The molecule has 6 nitrogen and oxygen atoms in total. The Morgan fingerprint density at radius 3 is 2.75 bits per heavy atom. The lowest BCUT2D eigenvalue weighted by Gasteiger charge is -1.98. The molecule has 0 spiro atoms. The van der Waals surface area contributed by atoms with Crippen LogP contribution in [0.5, 0.6) is 0 Å². The van der Waals surface area contributed by atoms with Gasteiger partial charge in [0.2, 0.25) is 5.82 Å². The topological polar surface area (TPSA) is 69.6 Å². The second-order valence-corrected chi connectivity index (χ2v) is 5.28. The maximum absolute atomic E-state index is 5.13. The number of hydrogen-bond donors (Lipinski definition) is 0. The van der Waals surface area contributed by atoms with Crippen LogP contribution < -0.4 is 0 Å². The lowest BCUT2D eigenvalue weighted by Crippen LogP contribution is -2.05. The highest BCUT2D eigenvalue weighted by Crippen LogP contribution is 2.24. The Kier molecular flexibility index (Phi) is 3.35. The highest BCUT2D eigenvalue weighted by atomic mass is 79.9. The van der Waals surface area contributed by atoms with Crippen molar-refractivity contribution >= 4 is 15.9 Å².